The van der Waals surface area contributed by atoms with Gasteiger partial charge in [-0.05, 0) is 5.92 Å². The quantitative estimate of drug-likeness (QED) is 0.550. The lowest BCUT2D eigenvalue weighted by atomic mass is 9.91. The lowest BCUT2D eigenvalue weighted by Gasteiger charge is -2.41. The zero-order valence-electron chi connectivity index (χ0n) is 14.0. The molecule has 2 aromatic rings. The van der Waals surface area contributed by atoms with Crippen LogP contribution in [0.4, 0.5) is 5.95 Å². The highest BCUT2D eigenvalue weighted by atomic mass is 16.7. The summed E-state index contributed by atoms with van der Waals surface area (Å²) >= 11 is 0. The van der Waals surface area contributed by atoms with Gasteiger partial charge in [-0.15, -0.1) is 0 Å². The van der Waals surface area contributed by atoms with E-state index in [9.17, 15) is 15.0 Å². The van der Waals surface area contributed by atoms with Crippen LogP contribution in [0.2, 0.25) is 0 Å². The number of anilines is 1. The summed E-state index contributed by atoms with van der Waals surface area (Å²) < 4.78 is 12.5. The zero-order chi connectivity index (χ0) is 17.8. The molecule has 2 aliphatic heterocycles. The molecule has 2 aromatic heterocycles. The minimum absolute atomic E-state index is 0.172. The van der Waals surface area contributed by atoms with Crippen LogP contribution in [0, 0.1) is 5.92 Å². The van der Waals surface area contributed by atoms with E-state index in [1.807, 2.05) is 13.8 Å². The number of nitrogens with one attached hydrogen (secondary N) is 2. The lowest BCUT2D eigenvalue weighted by molar-refractivity contribution is -0.246. The molecule has 0 bridgehead atoms. The van der Waals surface area contributed by atoms with Crippen molar-refractivity contribution in [1.82, 2.24) is 19.5 Å². The van der Waals surface area contributed by atoms with Crippen LogP contribution >= 0.6 is 0 Å². The second kappa shape index (κ2) is 5.77. The third kappa shape index (κ3) is 2.36. The Bertz CT molecular complexity index is 844. The maximum atomic E-state index is 12.9. The fourth-order valence-electron chi connectivity index (χ4n) is 3.27. The summed E-state index contributed by atoms with van der Waals surface area (Å²) in [5.74, 6) is 0.578. The summed E-state index contributed by atoms with van der Waals surface area (Å²) in [6, 6.07) is 0. The number of nitrogens with zero attached hydrogens (tertiary/aromatic N) is 3. The average molecular weight is 351 g/mol. The normalized spacial score (nSPS) is 31.3. The van der Waals surface area contributed by atoms with E-state index in [1.165, 1.54) is 10.9 Å². The van der Waals surface area contributed by atoms with Crippen LogP contribution in [0.1, 0.15) is 20.1 Å². The van der Waals surface area contributed by atoms with Gasteiger partial charge >= 0.3 is 0 Å². The number of imidazole rings is 1. The number of hydrogen-bond acceptors (Lipinski definition) is 8. The van der Waals surface area contributed by atoms with Gasteiger partial charge in [0.2, 0.25) is 5.95 Å². The minimum Gasteiger partial charge on any atom is -0.393 e. The van der Waals surface area contributed by atoms with Crippen LogP contribution in [0.3, 0.4) is 0 Å². The number of rotatable bonds is 5. The number of aliphatic hydroxyl groups is 2. The van der Waals surface area contributed by atoms with Crippen LogP contribution in [-0.2, 0) is 9.47 Å². The summed E-state index contributed by atoms with van der Waals surface area (Å²) in [5.41, 5.74) is -0.880. The van der Waals surface area contributed by atoms with E-state index in [1.54, 1.807) is 0 Å². The van der Waals surface area contributed by atoms with Gasteiger partial charge in [-0.2, -0.15) is 4.98 Å². The first kappa shape index (κ1) is 16.5. The first-order valence-corrected chi connectivity index (χ1v) is 8.24. The number of aliphatic hydroxyl groups excluding tert-OH is 2. The summed E-state index contributed by atoms with van der Waals surface area (Å²) in [6.45, 7) is 4.51. The van der Waals surface area contributed by atoms with E-state index < -0.39 is 29.6 Å². The molecule has 0 aromatic carbocycles. The van der Waals surface area contributed by atoms with Crippen LogP contribution in [0.25, 0.3) is 11.2 Å². The summed E-state index contributed by atoms with van der Waals surface area (Å²) in [5, 5.41) is 23.3. The molecule has 2 fully saturated rings. The predicted octanol–water partition coefficient (Wildman–Crippen LogP) is -0.793. The van der Waals surface area contributed by atoms with E-state index in [4.69, 9.17) is 9.47 Å². The highest BCUT2D eigenvalue weighted by Crippen LogP contribution is 2.45. The largest absolute Gasteiger partial charge is 0.393 e. The molecule has 2 saturated heterocycles. The van der Waals surface area contributed by atoms with Gasteiger partial charge < -0.3 is 30.0 Å². The molecule has 25 heavy (non-hydrogen) atoms. The van der Waals surface area contributed by atoms with Crippen molar-refractivity contribution in [2.24, 2.45) is 5.92 Å². The summed E-state index contributed by atoms with van der Waals surface area (Å²) in [7, 11) is 0. The minimum atomic E-state index is -1.10. The zero-order valence-corrected chi connectivity index (χ0v) is 14.0. The Morgan fingerprint density at radius 1 is 1.56 bits per heavy atom. The fraction of sp³-hybridized carbons (Fsp3) is 0.667. The van der Waals surface area contributed by atoms with Crippen molar-refractivity contribution in [3.63, 3.8) is 0 Å². The van der Waals surface area contributed by atoms with Crippen molar-refractivity contribution >= 4 is 17.1 Å². The molecule has 0 aliphatic carbocycles. The molecule has 0 unspecified atom stereocenters. The fourth-order valence-corrected chi connectivity index (χ4v) is 3.27. The molecule has 2 aliphatic rings. The van der Waals surface area contributed by atoms with Gasteiger partial charge in [0.1, 0.15) is 17.8 Å². The van der Waals surface area contributed by atoms with Crippen molar-refractivity contribution in [3.8, 4) is 0 Å². The molecule has 0 amide bonds. The number of H-pyrrole nitrogens is 1. The Labute approximate surface area is 142 Å². The maximum absolute atomic E-state index is 12.9. The molecule has 10 nitrogen and oxygen atoms in total. The smallest absolute Gasteiger partial charge is 0.283 e. The van der Waals surface area contributed by atoms with E-state index in [2.05, 4.69) is 20.3 Å². The second-order valence-corrected chi connectivity index (χ2v) is 6.94. The maximum Gasteiger partial charge on any atom is 0.283 e. The molecule has 10 heteroatoms. The lowest BCUT2D eigenvalue weighted by Crippen LogP contribution is -2.61. The van der Waals surface area contributed by atoms with E-state index in [0.29, 0.717) is 12.5 Å². The third-order valence-electron chi connectivity index (χ3n) is 4.67. The first-order valence-electron chi connectivity index (χ1n) is 8.24. The molecule has 4 N–H and O–H groups in total. The Hall–Kier alpha value is -2.01. The number of aromatic amines is 1. The topological polar surface area (TPSA) is 135 Å². The van der Waals surface area contributed by atoms with Gasteiger partial charge in [0.05, 0.1) is 19.5 Å². The molecule has 0 saturated carbocycles. The molecule has 4 atom stereocenters. The first-order chi connectivity index (χ1) is 12.0. The van der Waals surface area contributed by atoms with Crippen molar-refractivity contribution in [2.75, 3.05) is 25.1 Å². The highest BCUT2D eigenvalue weighted by molar-refractivity contribution is 5.70. The molecule has 4 rings (SSSR count). The van der Waals surface area contributed by atoms with Crippen LogP contribution in [0.5, 0.6) is 0 Å². The van der Waals surface area contributed by atoms with Crippen molar-refractivity contribution < 1.29 is 19.7 Å². The monoisotopic (exact) mass is 351 g/mol. The van der Waals surface area contributed by atoms with Crippen LogP contribution in [-0.4, -0.2) is 67.3 Å². The van der Waals surface area contributed by atoms with Gasteiger partial charge in [0, 0.05) is 6.54 Å². The van der Waals surface area contributed by atoms with E-state index >= 15 is 0 Å². The number of hydrogen-bond donors (Lipinski definition) is 4. The van der Waals surface area contributed by atoms with Gasteiger partial charge in [-0.3, -0.25) is 4.79 Å². The van der Waals surface area contributed by atoms with Gasteiger partial charge in [0.25, 0.3) is 5.56 Å². The van der Waals surface area contributed by atoms with Crippen molar-refractivity contribution in [3.05, 3.63) is 16.7 Å². The SMILES string of the molecule is CC(C)CNc1nc2nc[nH]c2c(=O)n1[C@@H]1O[C@@]2(CO)CO[C@H]2[C@H]1O. The van der Waals surface area contributed by atoms with Gasteiger partial charge in [-0.1, -0.05) is 13.8 Å². The molecular formula is C15H21N5O5. The average Bonchev–Trinajstić information content (AvgIpc) is 3.09. The standard InChI is InChI=1S/C15H21N5O5/c1-7(2)3-16-14-19-11-8(17-6-18-11)12(23)20(14)13-9(22)10-15(4-21,25-13)5-24-10/h6-7,9-10,13,21-22H,3-5H2,1-2H3,(H,16,19)(H,17,18)/t9-,10+,13-,15+/m1/s1. The van der Waals surface area contributed by atoms with Crippen LogP contribution < -0.4 is 10.9 Å². The molecular weight excluding hydrogens is 330 g/mol. The van der Waals surface area contributed by atoms with E-state index in [-0.39, 0.29) is 30.3 Å². The Morgan fingerprint density at radius 2 is 2.36 bits per heavy atom. The molecule has 0 spiro atoms. The molecule has 136 valence electrons. The third-order valence-corrected chi connectivity index (χ3v) is 4.67. The van der Waals surface area contributed by atoms with Gasteiger partial charge in [0.15, 0.2) is 17.4 Å². The highest BCUT2D eigenvalue weighted by Gasteiger charge is 2.63. The Kier molecular flexibility index (Phi) is 3.80. The van der Waals surface area contributed by atoms with Crippen LogP contribution in [0.15, 0.2) is 11.1 Å². The number of fused-ring (bicyclic) bond motifs is 2. The predicted molar refractivity (Wildman–Crippen MR) is 87.2 cm³/mol. The molecule has 0 radical (unpaired) electrons. The summed E-state index contributed by atoms with van der Waals surface area (Å²) in [6.07, 6.45) is -1.39. The van der Waals surface area contributed by atoms with Gasteiger partial charge in [-0.25, -0.2) is 9.55 Å². The molecule has 4 heterocycles. The second-order valence-electron chi connectivity index (χ2n) is 6.94. The van der Waals surface area contributed by atoms with E-state index in [0.717, 1.165) is 0 Å². The number of ether oxygens (including phenoxy) is 2. The number of aromatic nitrogens is 4. The Morgan fingerprint density at radius 3 is 2.96 bits per heavy atom. The van der Waals surface area contributed by atoms with Crippen molar-refractivity contribution in [2.45, 2.75) is 37.9 Å². The van der Waals surface area contributed by atoms with Crippen molar-refractivity contribution in [1.29, 1.82) is 0 Å². The Balaban J connectivity index is 1.81. The summed E-state index contributed by atoms with van der Waals surface area (Å²) in [4.78, 5) is 24.1.